The number of hydrogen-bond acceptors (Lipinski definition) is 0. The van der Waals surface area contributed by atoms with E-state index in [-0.39, 0.29) is 0 Å². The normalized spacial score (nSPS) is 15.3. The van der Waals surface area contributed by atoms with E-state index in [1.54, 1.807) is 0 Å². The van der Waals surface area contributed by atoms with Crippen LogP contribution in [0.2, 0.25) is 0 Å². The first-order valence-corrected chi connectivity index (χ1v) is 7.06. The van der Waals surface area contributed by atoms with Gasteiger partial charge in [-0.25, -0.2) is 0 Å². The van der Waals surface area contributed by atoms with Crippen molar-refractivity contribution in [2.24, 2.45) is 17.8 Å². The van der Waals surface area contributed by atoms with E-state index in [4.69, 9.17) is 0 Å². The van der Waals surface area contributed by atoms with E-state index in [9.17, 15) is 0 Å². The molecule has 0 heterocycles. The summed E-state index contributed by atoms with van der Waals surface area (Å²) in [4.78, 5) is 0. The smallest absolute Gasteiger partial charge is 0.0111 e. The van der Waals surface area contributed by atoms with Gasteiger partial charge in [-0.2, -0.15) is 0 Å². The monoisotopic (exact) mass is 232 g/mol. The second kappa shape index (κ2) is 6.23. The minimum absolute atomic E-state index is 0.681. The van der Waals surface area contributed by atoms with E-state index >= 15 is 0 Å². The van der Waals surface area contributed by atoms with Gasteiger partial charge in [0.2, 0.25) is 0 Å². The molecule has 0 saturated carbocycles. The van der Waals surface area contributed by atoms with Crippen molar-refractivity contribution >= 4 is 0 Å². The second-order valence-electron chi connectivity index (χ2n) is 5.97. The van der Waals surface area contributed by atoms with Crippen LogP contribution in [0.25, 0.3) is 0 Å². The van der Waals surface area contributed by atoms with Gasteiger partial charge in [0.25, 0.3) is 0 Å². The standard InChI is InChI=1S/C17H28/c1-7-15-8-10-16(11-9-15)17(13(4)5)14(6)12(2)3/h8-14,17H,7H2,1-6H3. The Kier molecular flexibility index (Phi) is 5.24. The fourth-order valence-electron chi connectivity index (χ4n) is 2.69. The lowest BCUT2D eigenvalue weighted by atomic mass is 9.74. The summed E-state index contributed by atoms with van der Waals surface area (Å²) < 4.78 is 0. The third kappa shape index (κ3) is 3.59. The van der Waals surface area contributed by atoms with Crippen LogP contribution in [0.1, 0.15) is 58.6 Å². The average molecular weight is 232 g/mol. The molecule has 2 unspecified atom stereocenters. The summed E-state index contributed by atoms with van der Waals surface area (Å²) in [7, 11) is 0. The molecule has 0 heteroatoms. The fraction of sp³-hybridized carbons (Fsp3) is 0.647. The largest absolute Gasteiger partial charge is 0.0625 e. The zero-order valence-electron chi connectivity index (χ0n) is 12.3. The van der Waals surface area contributed by atoms with Crippen molar-refractivity contribution in [3.8, 4) is 0 Å². The van der Waals surface area contributed by atoms with E-state index in [1.165, 1.54) is 11.1 Å². The predicted octanol–water partition coefficient (Wildman–Crippen LogP) is 5.28. The molecular formula is C17H28. The molecule has 96 valence electrons. The lowest BCUT2D eigenvalue weighted by molar-refractivity contribution is 0.289. The Morgan fingerprint density at radius 1 is 0.824 bits per heavy atom. The molecular weight excluding hydrogens is 204 g/mol. The number of hydrogen-bond donors (Lipinski definition) is 0. The van der Waals surface area contributed by atoms with Crippen molar-refractivity contribution in [3.05, 3.63) is 35.4 Å². The first kappa shape index (κ1) is 14.3. The first-order chi connectivity index (χ1) is 7.97. The van der Waals surface area contributed by atoms with Gasteiger partial charge in [-0.15, -0.1) is 0 Å². The summed E-state index contributed by atoms with van der Waals surface area (Å²) >= 11 is 0. The topological polar surface area (TPSA) is 0 Å². The Morgan fingerprint density at radius 3 is 1.71 bits per heavy atom. The quantitative estimate of drug-likeness (QED) is 0.648. The second-order valence-corrected chi connectivity index (χ2v) is 5.97. The number of benzene rings is 1. The van der Waals surface area contributed by atoms with E-state index in [2.05, 4.69) is 65.8 Å². The molecule has 0 radical (unpaired) electrons. The van der Waals surface area contributed by atoms with Crippen molar-refractivity contribution in [2.75, 3.05) is 0 Å². The maximum absolute atomic E-state index is 2.39. The van der Waals surface area contributed by atoms with Crippen molar-refractivity contribution in [1.82, 2.24) is 0 Å². The summed E-state index contributed by atoms with van der Waals surface area (Å²) in [5, 5.41) is 0. The van der Waals surface area contributed by atoms with Gasteiger partial charge >= 0.3 is 0 Å². The summed E-state index contributed by atoms with van der Waals surface area (Å²) in [6.45, 7) is 14.0. The molecule has 0 N–H and O–H groups in total. The Bertz CT molecular complexity index is 318. The summed E-state index contributed by atoms with van der Waals surface area (Å²) in [6, 6.07) is 9.25. The molecule has 0 aliphatic rings. The van der Waals surface area contributed by atoms with Gasteiger partial charge in [0, 0.05) is 0 Å². The summed E-state index contributed by atoms with van der Waals surface area (Å²) in [6.07, 6.45) is 1.13. The van der Waals surface area contributed by atoms with Crippen LogP contribution in [0.5, 0.6) is 0 Å². The summed E-state index contributed by atoms with van der Waals surface area (Å²) in [5.74, 6) is 2.87. The van der Waals surface area contributed by atoms with Crippen LogP contribution in [0, 0.1) is 17.8 Å². The van der Waals surface area contributed by atoms with E-state index < -0.39 is 0 Å². The van der Waals surface area contributed by atoms with Crippen LogP contribution in [0.3, 0.4) is 0 Å². The maximum atomic E-state index is 2.39. The molecule has 0 nitrogen and oxygen atoms in total. The van der Waals surface area contributed by atoms with Gasteiger partial charge in [0.05, 0.1) is 0 Å². The van der Waals surface area contributed by atoms with Crippen LogP contribution in [-0.4, -0.2) is 0 Å². The minimum atomic E-state index is 0.681. The third-order valence-corrected chi connectivity index (χ3v) is 4.11. The highest BCUT2D eigenvalue weighted by atomic mass is 14.3. The third-order valence-electron chi connectivity index (χ3n) is 4.11. The van der Waals surface area contributed by atoms with Gasteiger partial charge in [-0.05, 0) is 41.2 Å². The SMILES string of the molecule is CCc1ccc(C(C(C)C)C(C)C(C)C)cc1. The van der Waals surface area contributed by atoms with Gasteiger partial charge in [-0.3, -0.25) is 0 Å². The Morgan fingerprint density at radius 2 is 1.35 bits per heavy atom. The molecule has 0 fully saturated rings. The predicted molar refractivity (Wildman–Crippen MR) is 77.4 cm³/mol. The van der Waals surface area contributed by atoms with Crippen LogP contribution in [0.15, 0.2) is 24.3 Å². The zero-order chi connectivity index (χ0) is 13.0. The molecule has 0 aliphatic heterocycles. The minimum Gasteiger partial charge on any atom is -0.0625 e. The molecule has 0 bridgehead atoms. The van der Waals surface area contributed by atoms with Gasteiger partial charge in [-0.1, -0.05) is 65.8 Å². The fourth-order valence-corrected chi connectivity index (χ4v) is 2.69. The molecule has 0 aromatic heterocycles. The highest BCUT2D eigenvalue weighted by Crippen LogP contribution is 2.36. The molecule has 1 aromatic carbocycles. The van der Waals surface area contributed by atoms with Gasteiger partial charge < -0.3 is 0 Å². The van der Waals surface area contributed by atoms with Crippen LogP contribution in [0.4, 0.5) is 0 Å². The van der Waals surface area contributed by atoms with E-state index in [0.29, 0.717) is 11.8 Å². The van der Waals surface area contributed by atoms with Crippen molar-refractivity contribution in [3.63, 3.8) is 0 Å². The molecule has 0 saturated heterocycles. The molecule has 1 rings (SSSR count). The summed E-state index contributed by atoms with van der Waals surface area (Å²) in [5.41, 5.74) is 2.95. The zero-order valence-corrected chi connectivity index (χ0v) is 12.3. The molecule has 2 atom stereocenters. The number of aryl methyl sites for hydroxylation is 1. The van der Waals surface area contributed by atoms with Gasteiger partial charge in [0.1, 0.15) is 0 Å². The first-order valence-electron chi connectivity index (χ1n) is 7.06. The molecule has 17 heavy (non-hydrogen) atoms. The van der Waals surface area contributed by atoms with Crippen molar-refractivity contribution < 1.29 is 0 Å². The number of rotatable bonds is 5. The Hall–Kier alpha value is -0.780. The van der Waals surface area contributed by atoms with Crippen molar-refractivity contribution in [1.29, 1.82) is 0 Å². The lowest BCUT2D eigenvalue weighted by Crippen LogP contribution is -2.20. The molecule has 0 amide bonds. The highest BCUT2D eigenvalue weighted by Gasteiger charge is 2.24. The Balaban J connectivity index is 2.97. The maximum Gasteiger partial charge on any atom is -0.0111 e. The van der Waals surface area contributed by atoms with Gasteiger partial charge in [0.15, 0.2) is 0 Å². The van der Waals surface area contributed by atoms with Crippen molar-refractivity contribution in [2.45, 2.75) is 53.9 Å². The molecule has 0 spiro atoms. The van der Waals surface area contributed by atoms with E-state index in [0.717, 1.165) is 18.3 Å². The highest BCUT2D eigenvalue weighted by molar-refractivity contribution is 5.26. The molecule has 1 aromatic rings. The van der Waals surface area contributed by atoms with Crippen LogP contribution < -0.4 is 0 Å². The van der Waals surface area contributed by atoms with E-state index in [1.807, 2.05) is 0 Å². The van der Waals surface area contributed by atoms with Crippen LogP contribution in [-0.2, 0) is 6.42 Å². The average Bonchev–Trinajstić information content (AvgIpc) is 2.29. The van der Waals surface area contributed by atoms with Crippen LogP contribution >= 0.6 is 0 Å². The lowest BCUT2D eigenvalue weighted by Gasteiger charge is -2.31. The Labute approximate surface area is 107 Å². The molecule has 0 aliphatic carbocycles.